The molecule has 0 fully saturated rings. The van der Waals surface area contributed by atoms with E-state index in [4.69, 9.17) is 5.11 Å². The quantitative estimate of drug-likeness (QED) is 0.560. The maximum Gasteiger partial charge on any atom is 0.219 e. The molecule has 0 aromatic rings. The highest BCUT2D eigenvalue weighted by Crippen LogP contribution is 1.92. The van der Waals surface area contributed by atoms with Crippen LogP contribution in [0.3, 0.4) is 0 Å². The van der Waals surface area contributed by atoms with Gasteiger partial charge in [-0.3, -0.25) is 4.79 Å². The van der Waals surface area contributed by atoms with E-state index in [2.05, 4.69) is 12.2 Å². The number of carbonyl (C=O) groups excluding carboxylic acids is 1. The predicted octanol–water partition coefficient (Wildman–Crippen LogP) is 0.675. The fourth-order valence-electron chi connectivity index (χ4n) is 0.733. The van der Waals surface area contributed by atoms with Gasteiger partial charge in [-0.1, -0.05) is 13.3 Å². The normalized spacial score (nSPS) is 9.64. The molecule has 3 heteroatoms. The van der Waals surface area contributed by atoms with Crippen molar-refractivity contribution in [1.29, 1.82) is 0 Å². The van der Waals surface area contributed by atoms with E-state index in [0.29, 0.717) is 19.4 Å². The molecule has 0 spiro atoms. The Bertz CT molecular complexity index is 104. The Hall–Kier alpha value is -0.570. The monoisotopic (exact) mass is 159 g/mol. The zero-order valence-corrected chi connectivity index (χ0v) is 7.10. The summed E-state index contributed by atoms with van der Waals surface area (Å²) in [6.45, 7) is 2.80. The van der Waals surface area contributed by atoms with Gasteiger partial charge >= 0.3 is 0 Å². The summed E-state index contributed by atoms with van der Waals surface area (Å²) >= 11 is 0. The first-order chi connectivity index (χ1) is 5.31. The van der Waals surface area contributed by atoms with Crippen LogP contribution < -0.4 is 5.32 Å². The van der Waals surface area contributed by atoms with Gasteiger partial charge in [-0.25, -0.2) is 0 Å². The molecule has 2 N–H and O–H groups in total. The number of amides is 1. The third-order valence-electron chi connectivity index (χ3n) is 1.41. The lowest BCUT2D eigenvalue weighted by molar-refractivity contribution is -0.121. The van der Waals surface area contributed by atoms with Gasteiger partial charge in [0.05, 0.1) is 0 Å². The minimum atomic E-state index is 0.0975. The van der Waals surface area contributed by atoms with Crippen LogP contribution in [-0.2, 0) is 4.79 Å². The van der Waals surface area contributed by atoms with Gasteiger partial charge < -0.3 is 10.4 Å². The molecule has 0 aliphatic rings. The van der Waals surface area contributed by atoms with Crippen molar-refractivity contribution in [1.82, 2.24) is 5.32 Å². The lowest BCUT2D eigenvalue weighted by atomic mass is 10.2. The molecular formula is C8H17NO2. The van der Waals surface area contributed by atoms with Crippen LogP contribution in [0.4, 0.5) is 0 Å². The van der Waals surface area contributed by atoms with Gasteiger partial charge in [0.25, 0.3) is 0 Å². The van der Waals surface area contributed by atoms with E-state index in [-0.39, 0.29) is 12.5 Å². The maximum atomic E-state index is 10.9. The van der Waals surface area contributed by atoms with E-state index in [1.54, 1.807) is 0 Å². The van der Waals surface area contributed by atoms with Crippen LogP contribution in [0.5, 0.6) is 0 Å². The molecule has 0 atom stereocenters. The summed E-state index contributed by atoms with van der Waals surface area (Å²) in [5.74, 6) is 0.0975. The van der Waals surface area contributed by atoms with E-state index >= 15 is 0 Å². The molecule has 0 rings (SSSR count). The molecule has 66 valence electrons. The largest absolute Gasteiger partial charge is 0.396 e. The van der Waals surface area contributed by atoms with Crippen LogP contribution in [0.15, 0.2) is 0 Å². The lowest BCUT2D eigenvalue weighted by Crippen LogP contribution is -2.24. The first kappa shape index (κ1) is 10.4. The standard InChI is InChI=1S/C8H17NO2/c1-2-3-5-8(11)9-6-4-7-10/h10H,2-7H2,1H3,(H,9,11). The third kappa shape index (κ3) is 7.33. The second-order valence-electron chi connectivity index (χ2n) is 2.53. The Kier molecular flexibility index (Phi) is 7.15. The summed E-state index contributed by atoms with van der Waals surface area (Å²) in [7, 11) is 0. The Balaban J connectivity index is 3.09. The molecule has 0 aromatic carbocycles. The summed E-state index contributed by atoms with van der Waals surface area (Å²) in [6.07, 6.45) is 3.26. The minimum Gasteiger partial charge on any atom is -0.396 e. The number of nitrogens with one attached hydrogen (secondary N) is 1. The molecule has 0 aromatic heterocycles. The number of hydrogen-bond donors (Lipinski definition) is 2. The molecular weight excluding hydrogens is 142 g/mol. The van der Waals surface area contributed by atoms with Gasteiger partial charge in [-0.05, 0) is 12.8 Å². The van der Waals surface area contributed by atoms with E-state index in [0.717, 1.165) is 12.8 Å². The minimum absolute atomic E-state index is 0.0975. The number of hydrogen-bond acceptors (Lipinski definition) is 2. The van der Waals surface area contributed by atoms with Crippen LogP contribution in [0.1, 0.15) is 32.6 Å². The fourth-order valence-corrected chi connectivity index (χ4v) is 0.733. The fraction of sp³-hybridized carbons (Fsp3) is 0.875. The molecule has 0 aliphatic heterocycles. The average Bonchev–Trinajstić information content (AvgIpc) is 2.01. The maximum absolute atomic E-state index is 10.9. The zero-order chi connectivity index (χ0) is 8.53. The first-order valence-electron chi connectivity index (χ1n) is 4.18. The van der Waals surface area contributed by atoms with Crippen molar-refractivity contribution in [2.24, 2.45) is 0 Å². The SMILES string of the molecule is CCCCC(=O)NCCCO. The first-order valence-corrected chi connectivity index (χ1v) is 4.18. The predicted molar refractivity (Wildman–Crippen MR) is 44.2 cm³/mol. The van der Waals surface area contributed by atoms with Gasteiger partial charge in [0.1, 0.15) is 0 Å². The van der Waals surface area contributed by atoms with Crippen LogP contribution in [0, 0.1) is 0 Å². The second kappa shape index (κ2) is 7.54. The van der Waals surface area contributed by atoms with Crippen LogP contribution in [0.25, 0.3) is 0 Å². The van der Waals surface area contributed by atoms with Gasteiger partial charge in [0, 0.05) is 19.6 Å². The number of carbonyl (C=O) groups is 1. The summed E-state index contributed by atoms with van der Waals surface area (Å²) in [5, 5.41) is 11.1. The summed E-state index contributed by atoms with van der Waals surface area (Å²) in [4.78, 5) is 10.9. The second-order valence-corrected chi connectivity index (χ2v) is 2.53. The van der Waals surface area contributed by atoms with E-state index in [9.17, 15) is 4.79 Å². The molecule has 0 aliphatic carbocycles. The van der Waals surface area contributed by atoms with Crippen LogP contribution in [-0.4, -0.2) is 24.2 Å². The molecule has 1 amide bonds. The topological polar surface area (TPSA) is 49.3 Å². The zero-order valence-electron chi connectivity index (χ0n) is 7.10. The van der Waals surface area contributed by atoms with Crippen molar-refractivity contribution in [3.8, 4) is 0 Å². The number of rotatable bonds is 6. The van der Waals surface area contributed by atoms with Crippen LogP contribution >= 0.6 is 0 Å². The molecule has 0 unspecified atom stereocenters. The molecule has 0 heterocycles. The van der Waals surface area contributed by atoms with Gasteiger partial charge in [0.15, 0.2) is 0 Å². The van der Waals surface area contributed by atoms with Gasteiger partial charge in [0.2, 0.25) is 5.91 Å². The van der Waals surface area contributed by atoms with E-state index in [1.165, 1.54) is 0 Å². The third-order valence-corrected chi connectivity index (χ3v) is 1.41. The summed E-state index contributed by atoms with van der Waals surface area (Å²) in [6, 6.07) is 0. The molecule has 3 nitrogen and oxygen atoms in total. The number of aliphatic hydroxyl groups excluding tert-OH is 1. The van der Waals surface area contributed by atoms with E-state index in [1.807, 2.05) is 0 Å². The van der Waals surface area contributed by atoms with Crippen molar-refractivity contribution >= 4 is 5.91 Å². The molecule has 11 heavy (non-hydrogen) atoms. The Morgan fingerprint density at radius 1 is 1.45 bits per heavy atom. The highest BCUT2D eigenvalue weighted by Gasteiger charge is 1.97. The Morgan fingerprint density at radius 3 is 2.73 bits per heavy atom. The average molecular weight is 159 g/mol. The molecule has 0 saturated carbocycles. The van der Waals surface area contributed by atoms with Gasteiger partial charge in [-0.2, -0.15) is 0 Å². The van der Waals surface area contributed by atoms with E-state index < -0.39 is 0 Å². The highest BCUT2D eigenvalue weighted by molar-refractivity contribution is 5.75. The van der Waals surface area contributed by atoms with Crippen molar-refractivity contribution in [3.63, 3.8) is 0 Å². The molecule has 0 radical (unpaired) electrons. The highest BCUT2D eigenvalue weighted by atomic mass is 16.3. The van der Waals surface area contributed by atoms with Gasteiger partial charge in [-0.15, -0.1) is 0 Å². The number of unbranched alkanes of at least 4 members (excludes halogenated alkanes) is 1. The van der Waals surface area contributed by atoms with Crippen molar-refractivity contribution in [2.45, 2.75) is 32.6 Å². The molecule has 0 saturated heterocycles. The number of aliphatic hydroxyl groups is 1. The van der Waals surface area contributed by atoms with Crippen molar-refractivity contribution in [2.75, 3.05) is 13.2 Å². The van der Waals surface area contributed by atoms with Crippen molar-refractivity contribution < 1.29 is 9.90 Å². The van der Waals surface area contributed by atoms with Crippen molar-refractivity contribution in [3.05, 3.63) is 0 Å². The summed E-state index contributed by atoms with van der Waals surface area (Å²) < 4.78 is 0. The summed E-state index contributed by atoms with van der Waals surface area (Å²) in [5.41, 5.74) is 0. The smallest absolute Gasteiger partial charge is 0.219 e. The van der Waals surface area contributed by atoms with Crippen LogP contribution in [0.2, 0.25) is 0 Å². The lowest BCUT2D eigenvalue weighted by Gasteiger charge is -2.01. The molecule has 0 bridgehead atoms. The Labute approximate surface area is 67.8 Å². The Morgan fingerprint density at radius 2 is 2.18 bits per heavy atom.